The number of carbonyl (C=O) groups excluding carboxylic acids is 4. The van der Waals surface area contributed by atoms with Crippen molar-refractivity contribution >= 4 is 29.6 Å². The van der Waals surface area contributed by atoms with E-state index in [0.717, 1.165) is 0 Å². The first-order valence-corrected chi connectivity index (χ1v) is 13.0. The first-order valence-electron chi connectivity index (χ1n) is 13.0. The van der Waals surface area contributed by atoms with Crippen LogP contribution in [0.25, 0.3) is 0 Å². The van der Waals surface area contributed by atoms with E-state index in [9.17, 15) is 39.3 Å². The highest BCUT2D eigenvalue weighted by Gasteiger charge is 2.32. The van der Waals surface area contributed by atoms with Crippen LogP contribution in [0.2, 0.25) is 0 Å². The molecule has 0 saturated carbocycles. The molecular weight excluding hydrogens is 534 g/mol. The van der Waals surface area contributed by atoms with Crippen molar-refractivity contribution in [2.75, 3.05) is 0 Å². The number of aromatic hydroxyl groups is 2. The minimum absolute atomic E-state index is 0.00736. The Balaban J connectivity index is 2.21. The van der Waals surface area contributed by atoms with E-state index in [0.29, 0.717) is 11.1 Å². The molecule has 2 rings (SSSR count). The van der Waals surface area contributed by atoms with Crippen LogP contribution in [0, 0.1) is 5.92 Å². The van der Waals surface area contributed by atoms with Gasteiger partial charge in [-0.2, -0.15) is 0 Å². The maximum Gasteiger partial charge on any atom is 0.326 e. The van der Waals surface area contributed by atoms with Gasteiger partial charge in [-0.15, -0.1) is 0 Å². The van der Waals surface area contributed by atoms with Gasteiger partial charge < -0.3 is 42.7 Å². The molecule has 2 aromatic rings. The molecule has 41 heavy (non-hydrogen) atoms. The number of aliphatic carboxylic acids is 1. The zero-order valence-corrected chi connectivity index (χ0v) is 22.9. The largest absolute Gasteiger partial charge is 0.508 e. The molecule has 0 fully saturated rings. The Kier molecular flexibility index (Phi) is 12.1. The van der Waals surface area contributed by atoms with Crippen molar-refractivity contribution in [2.45, 2.75) is 63.7 Å². The molecule has 222 valence electrons. The number of phenols is 2. The molecule has 13 nitrogen and oxygen atoms in total. The summed E-state index contributed by atoms with van der Waals surface area (Å²) in [7, 11) is 0. The fourth-order valence-electron chi connectivity index (χ4n) is 3.93. The SMILES string of the molecule is CC(C)C(NC(=O)C(Cc1ccc(O)cc1)NC(=O)C(N)Cc1ccc(O)cc1)C(=O)NC(CCC(N)=O)C(=O)O. The Morgan fingerprint density at radius 1 is 0.732 bits per heavy atom. The summed E-state index contributed by atoms with van der Waals surface area (Å²) in [5, 5.41) is 36.0. The number of nitrogens with one attached hydrogen (secondary N) is 3. The van der Waals surface area contributed by atoms with Gasteiger partial charge >= 0.3 is 5.97 Å². The van der Waals surface area contributed by atoms with Crippen molar-refractivity contribution < 1.29 is 39.3 Å². The monoisotopic (exact) mass is 571 g/mol. The number of carboxylic acids is 1. The van der Waals surface area contributed by atoms with E-state index in [2.05, 4.69) is 16.0 Å². The lowest BCUT2D eigenvalue weighted by molar-refractivity contribution is -0.143. The average Bonchev–Trinajstić information content (AvgIpc) is 2.90. The topological polar surface area (TPSA) is 234 Å². The van der Waals surface area contributed by atoms with E-state index in [1.807, 2.05) is 0 Å². The third-order valence-electron chi connectivity index (χ3n) is 6.28. The lowest BCUT2D eigenvalue weighted by Gasteiger charge is -2.27. The molecule has 0 aliphatic carbocycles. The van der Waals surface area contributed by atoms with Gasteiger partial charge in [0.15, 0.2) is 0 Å². The molecule has 0 spiro atoms. The first kappa shape index (κ1) is 32.6. The number of rotatable bonds is 15. The van der Waals surface area contributed by atoms with E-state index in [1.54, 1.807) is 38.1 Å². The number of phenolic OH excluding ortho intramolecular Hbond substituents is 2. The highest BCUT2D eigenvalue weighted by atomic mass is 16.4. The van der Waals surface area contributed by atoms with Crippen molar-refractivity contribution in [3.05, 3.63) is 59.7 Å². The van der Waals surface area contributed by atoms with Gasteiger partial charge in [-0.25, -0.2) is 4.79 Å². The molecule has 0 aromatic heterocycles. The van der Waals surface area contributed by atoms with E-state index in [1.165, 1.54) is 24.3 Å². The van der Waals surface area contributed by atoms with Gasteiger partial charge in [0.1, 0.15) is 29.6 Å². The van der Waals surface area contributed by atoms with Gasteiger partial charge in [0.05, 0.1) is 6.04 Å². The van der Waals surface area contributed by atoms with Gasteiger partial charge in [-0.1, -0.05) is 38.1 Å². The second-order valence-electron chi connectivity index (χ2n) is 10.0. The van der Waals surface area contributed by atoms with Crippen molar-refractivity contribution in [2.24, 2.45) is 17.4 Å². The minimum Gasteiger partial charge on any atom is -0.508 e. The maximum absolute atomic E-state index is 13.4. The number of carbonyl (C=O) groups is 5. The molecule has 4 atom stereocenters. The summed E-state index contributed by atoms with van der Waals surface area (Å²) in [6.45, 7) is 3.29. The minimum atomic E-state index is -1.40. The maximum atomic E-state index is 13.4. The third kappa shape index (κ3) is 10.8. The molecule has 4 unspecified atom stereocenters. The van der Waals surface area contributed by atoms with Crippen LogP contribution in [0.5, 0.6) is 11.5 Å². The Hall–Kier alpha value is -4.65. The van der Waals surface area contributed by atoms with E-state index in [4.69, 9.17) is 11.5 Å². The highest BCUT2D eigenvalue weighted by molar-refractivity contribution is 5.94. The van der Waals surface area contributed by atoms with Crippen LogP contribution in [-0.2, 0) is 36.8 Å². The average molecular weight is 572 g/mol. The van der Waals surface area contributed by atoms with Gasteiger partial charge in [-0.3, -0.25) is 19.2 Å². The Bertz CT molecular complexity index is 1220. The van der Waals surface area contributed by atoms with Crippen LogP contribution in [0.4, 0.5) is 0 Å². The summed E-state index contributed by atoms with van der Waals surface area (Å²) in [6.07, 6.45) is -0.375. The summed E-state index contributed by atoms with van der Waals surface area (Å²) >= 11 is 0. The molecule has 13 heteroatoms. The molecule has 0 heterocycles. The van der Waals surface area contributed by atoms with Crippen LogP contribution in [0.15, 0.2) is 48.5 Å². The van der Waals surface area contributed by atoms with Crippen molar-refractivity contribution in [1.29, 1.82) is 0 Å². The third-order valence-corrected chi connectivity index (χ3v) is 6.28. The molecule has 0 radical (unpaired) electrons. The molecule has 0 aliphatic heterocycles. The molecule has 0 bridgehead atoms. The summed E-state index contributed by atoms with van der Waals surface area (Å²) in [4.78, 5) is 62.1. The van der Waals surface area contributed by atoms with Gasteiger partial charge in [0.2, 0.25) is 23.6 Å². The number of nitrogens with two attached hydrogens (primary N) is 2. The van der Waals surface area contributed by atoms with E-state index >= 15 is 0 Å². The van der Waals surface area contributed by atoms with Gasteiger partial charge in [0, 0.05) is 12.8 Å². The van der Waals surface area contributed by atoms with E-state index < -0.39 is 59.7 Å². The smallest absolute Gasteiger partial charge is 0.326 e. The molecule has 10 N–H and O–H groups in total. The summed E-state index contributed by atoms with van der Waals surface area (Å²) in [5.74, 6) is -4.65. The van der Waals surface area contributed by atoms with Gasteiger partial charge in [-0.05, 0) is 54.2 Å². The lowest BCUT2D eigenvalue weighted by atomic mass is 9.99. The fourth-order valence-corrected chi connectivity index (χ4v) is 3.93. The predicted octanol–water partition coefficient (Wildman–Crippen LogP) is -0.329. The molecule has 4 amide bonds. The van der Waals surface area contributed by atoms with Crippen molar-refractivity contribution in [3.8, 4) is 11.5 Å². The van der Waals surface area contributed by atoms with Crippen LogP contribution >= 0.6 is 0 Å². The quantitative estimate of drug-likeness (QED) is 0.140. The molecule has 0 aliphatic rings. The molecule has 0 saturated heterocycles. The number of carboxylic acid groups (broad SMARTS) is 1. The summed E-state index contributed by atoms with van der Waals surface area (Å²) < 4.78 is 0. The lowest BCUT2D eigenvalue weighted by Crippen LogP contribution is -2.59. The number of amides is 4. The highest BCUT2D eigenvalue weighted by Crippen LogP contribution is 2.14. The molecular formula is C28H37N5O8. The first-order chi connectivity index (χ1) is 19.3. The van der Waals surface area contributed by atoms with Crippen LogP contribution in [-0.4, -0.2) is 69.1 Å². The Morgan fingerprint density at radius 3 is 1.68 bits per heavy atom. The number of primary amides is 1. The second kappa shape index (κ2) is 15.2. The zero-order chi connectivity index (χ0) is 30.7. The molecule has 2 aromatic carbocycles. The van der Waals surface area contributed by atoms with Crippen molar-refractivity contribution in [1.82, 2.24) is 16.0 Å². The predicted molar refractivity (Wildman–Crippen MR) is 148 cm³/mol. The summed E-state index contributed by atoms with van der Waals surface area (Å²) in [6, 6.07) is 7.32. The Labute approximate surface area is 237 Å². The van der Waals surface area contributed by atoms with Crippen molar-refractivity contribution in [3.63, 3.8) is 0 Å². The van der Waals surface area contributed by atoms with Crippen LogP contribution < -0.4 is 27.4 Å². The number of hydrogen-bond acceptors (Lipinski definition) is 8. The standard InChI is InChI=1S/C28H37N5O8/c1-15(2)24(27(39)31-21(28(40)41)11-12-23(30)36)33-26(38)22(14-17-5-9-19(35)10-6-17)32-25(37)20(29)13-16-3-7-18(34)8-4-16/h3-10,15,20-22,24,34-35H,11-14,29H2,1-2H3,(H2,30,36)(H,31,39)(H,32,37)(H,33,38)(H,40,41). The van der Waals surface area contributed by atoms with Crippen LogP contribution in [0.1, 0.15) is 37.8 Å². The number of hydrogen-bond donors (Lipinski definition) is 8. The second-order valence-corrected chi connectivity index (χ2v) is 10.0. The normalized spacial score (nSPS) is 13.9. The number of benzene rings is 2. The Morgan fingerprint density at radius 2 is 1.22 bits per heavy atom. The van der Waals surface area contributed by atoms with Gasteiger partial charge in [0.25, 0.3) is 0 Å². The summed E-state index contributed by atoms with van der Waals surface area (Å²) in [5.41, 5.74) is 12.5. The fraction of sp³-hybridized carbons (Fsp3) is 0.393. The van der Waals surface area contributed by atoms with E-state index in [-0.39, 0.29) is 37.2 Å². The zero-order valence-electron chi connectivity index (χ0n) is 22.9. The van der Waals surface area contributed by atoms with Crippen LogP contribution in [0.3, 0.4) is 0 Å².